The molecule has 0 spiro atoms. The molecule has 0 radical (unpaired) electrons. The van der Waals surface area contributed by atoms with E-state index in [0.29, 0.717) is 17.1 Å². The third kappa shape index (κ3) is 3.74. The van der Waals surface area contributed by atoms with Crippen molar-refractivity contribution >= 4 is 17.5 Å². The fraction of sp³-hybridized carbons (Fsp3) is 0.333. The molecule has 28 heavy (non-hydrogen) atoms. The van der Waals surface area contributed by atoms with Crippen molar-refractivity contribution in [1.82, 2.24) is 4.90 Å². The van der Waals surface area contributed by atoms with Crippen LogP contribution in [-0.2, 0) is 4.79 Å². The molecule has 0 saturated carbocycles. The van der Waals surface area contributed by atoms with E-state index in [-0.39, 0.29) is 24.7 Å². The van der Waals surface area contributed by atoms with Gasteiger partial charge in [-0.25, -0.2) is 0 Å². The summed E-state index contributed by atoms with van der Waals surface area (Å²) in [4.78, 5) is 26.0. The van der Waals surface area contributed by atoms with Gasteiger partial charge in [-0.2, -0.15) is 0 Å². The van der Waals surface area contributed by atoms with Crippen molar-refractivity contribution < 1.29 is 19.1 Å². The van der Waals surface area contributed by atoms with Crippen LogP contribution in [0, 0.1) is 0 Å². The van der Waals surface area contributed by atoms with Crippen LogP contribution in [-0.4, -0.2) is 36.5 Å². The Kier molecular flexibility index (Phi) is 5.73. The number of anilines is 1. The molecule has 148 valence electrons. The van der Waals surface area contributed by atoms with Gasteiger partial charge in [-0.05, 0) is 43.2 Å². The number of hydrogen-bond donors (Lipinski definition) is 2. The number of nitrogens with zero attached hydrogens (tertiary/aromatic N) is 1. The van der Waals surface area contributed by atoms with Gasteiger partial charge in [0, 0.05) is 11.7 Å². The molecule has 3 N–H and O–H groups in total. The third-order valence-corrected chi connectivity index (χ3v) is 4.90. The van der Waals surface area contributed by atoms with E-state index in [0.717, 1.165) is 17.7 Å². The zero-order valence-electron chi connectivity index (χ0n) is 16.3. The summed E-state index contributed by atoms with van der Waals surface area (Å²) in [5.74, 6) is 0.311. The van der Waals surface area contributed by atoms with Gasteiger partial charge < -0.3 is 25.4 Å². The number of primary amides is 1. The van der Waals surface area contributed by atoms with E-state index in [1.54, 1.807) is 6.07 Å². The lowest BCUT2D eigenvalue weighted by atomic mass is 10.0. The second-order valence-electron chi connectivity index (χ2n) is 6.73. The fourth-order valence-corrected chi connectivity index (χ4v) is 3.29. The first-order chi connectivity index (χ1) is 13.5. The molecular formula is C21H25N3O4. The molecule has 7 heteroatoms. The SMILES string of the molecule is CC[C@H](C)N1C(=O)c2ccccc2N[C@@H]1c1ccc(OCC(N)=O)c(OC)c1. The van der Waals surface area contributed by atoms with Crippen LogP contribution in [0.2, 0.25) is 0 Å². The Morgan fingerprint density at radius 1 is 1.25 bits per heavy atom. The number of fused-ring (bicyclic) bond motifs is 1. The molecule has 0 aliphatic carbocycles. The van der Waals surface area contributed by atoms with E-state index < -0.39 is 5.91 Å². The molecule has 1 aliphatic heterocycles. The molecule has 2 aromatic rings. The van der Waals surface area contributed by atoms with Crippen LogP contribution >= 0.6 is 0 Å². The zero-order valence-corrected chi connectivity index (χ0v) is 16.3. The predicted molar refractivity (Wildman–Crippen MR) is 106 cm³/mol. The second kappa shape index (κ2) is 8.21. The smallest absolute Gasteiger partial charge is 0.258 e. The lowest BCUT2D eigenvalue weighted by Gasteiger charge is -2.41. The Balaban J connectivity index is 2.00. The Hall–Kier alpha value is -3.22. The van der Waals surface area contributed by atoms with Gasteiger partial charge in [-0.3, -0.25) is 9.59 Å². The van der Waals surface area contributed by atoms with E-state index in [9.17, 15) is 9.59 Å². The topological polar surface area (TPSA) is 93.9 Å². The molecule has 1 heterocycles. The number of nitrogens with two attached hydrogens (primary N) is 1. The van der Waals surface area contributed by atoms with Gasteiger partial charge in [0.1, 0.15) is 6.17 Å². The van der Waals surface area contributed by atoms with Gasteiger partial charge in [-0.1, -0.05) is 25.1 Å². The van der Waals surface area contributed by atoms with Crippen LogP contribution in [0.15, 0.2) is 42.5 Å². The zero-order chi connectivity index (χ0) is 20.3. The fourth-order valence-electron chi connectivity index (χ4n) is 3.29. The highest BCUT2D eigenvalue weighted by atomic mass is 16.5. The quantitative estimate of drug-likeness (QED) is 0.767. The van der Waals surface area contributed by atoms with Crippen molar-refractivity contribution in [2.75, 3.05) is 19.0 Å². The highest BCUT2D eigenvalue weighted by Crippen LogP contribution is 2.38. The third-order valence-electron chi connectivity index (χ3n) is 4.90. The van der Waals surface area contributed by atoms with E-state index in [1.165, 1.54) is 7.11 Å². The van der Waals surface area contributed by atoms with Crippen LogP contribution in [0.3, 0.4) is 0 Å². The van der Waals surface area contributed by atoms with Crippen molar-refractivity contribution in [3.05, 3.63) is 53.6 Å². The molecular weight excluding hydrogens is 358 g/mol. The molecule has 0 fully saturated rings. The summed E-state index contributed by atoms with van der Waals surface area (Å²) in [6.45, 7) is 3.85. The number of amides is 2. The molecule has 2 aromatic carbocycles. The lowest BCUT2D eigenvalue weighted by molar-refractivity contribution is -0.119. The van der Waals surface area contributed by atoms with E-state index >= 15 is 0 Å². The minimum atomic E-state index is -0.565. The minimum absolute atomic E-state index is 0.0123. The molecule has 3 rings (SSSR count). The highest BCUT2D eigenvalue weighted by Gasteiger charge is 2.35. The Morgan fingerprint density at radius 2 is 2.00 bits per heavy atom. The number of carbonyl (C=O) groups excluding carboxylic acids is 2. The number of para-hydroxylation sites is 1. The highest BCUT2D eigenvalue weighted by molar-refractivity contribution is 6.01. The number of ether oxygens (including phenoxy) is 2. The van der Waals surface area contributed by atoms with Gasteiger partial charge >= 0.3 is 0 Å². The minimum Gasteiger partial charge on any atom is -0.493 e. The molecule has 2 atom stereocenters. The average molecular weight is 383 g/mol. The largest absolute Gasteiger partial charge is 0.493 e. The van der Waals surface area contributed by atoms with E-state index in [2.05, 4.69) is 12.2 Å². The van der Waals surface area contributed by atoms with Gasteiger partial charge in [0.2, 0.25) is 0 Å². The molecule has 0 bridgehead atoms. The predicted octanol–water partition coefficient (Wildman–Crippen LogP) is 2.92. The molecule has 0 aromatic heterocycles. The summed E-state index contributed by atoms with van der Waals surface area (Å²) in [5, 5.41) is 3.46. The van der Waals surface area contributed by atoms with E-state index in [1.807, 2.05) is 48.2 Å². The van der Waals surface area contributed by atoms with Crippen molar-refractivity contribution in [2.45, 2.75) is 32.5 Å². The summed E-state index contributed by atoms with van der Waals surface area (Å²) in [7, 11) is 1.53. The molecule has 0 unspecified atom stereocenters. The Bertz CT molecular complexity index is 884. The number of rotatable bonds is 7. The summed E-state index contributed by atoms with van der Waals surface area (Å²) >= 11 is 0. The Morgan fingerprint density at radius 3 is 2.68 bits per heavy atom. The second-order valence-corrected chi connectivity index (χ2v) is 6.73. The first kappa shape index (κ1) is 19.5. The Labute approximate surface area is 164 Å². The van der Waals surface area contributed by atoms with Crippen LogP contribution < -0.4 is 20.5 Å². The monoisotopic (exact) mass is 383 g/mol. The normalized spacial score (nSPS) is 16.8. The van der Waals surface area contributed by atoms with Crippen LogP contribution in [0.4, 0.5) is 5.69 Å². The van der Waals surface area contributed by atoms with Gasteiger partial charge in [0.15, 0.2) is 18.1 Å². The van der Waals surface area contributed by atoms with Crippen LogP contribution in [0.25, 0.3) is 0 Å². The first-order valence-electron chi connectivity index (χ1n) is 9.23. The van der Waals surface area contributed by atoms with Gasteiger partial charge in [-0.15, -0.1) is 0 Å². The first-order valence-corrected chi connectivity index (χ1v) is 9.23. The summed E-state index contributed by atoms with van der Waals surface area (Å²) in [6, 6.07) is 12.9. The number of carbonyl (C=O) groups is 2. The van der Waals surface area contributed by atoms with Gasteiger partial charge in [0.25, 0.3) is 11.8 Å². The molecule has 1 aliphatic rings. The summed E-state index contributed by atoms with van der Waals surface area (Å²) < 4.78 is 10.8. The number of hydrogen-bond acceptors (Lipinski definition) is 5. The lowest BCUT2D eigenvalue weighted by Crippen LogP contribution is -2.47. The van der Waals surface area contributed by atoms with Gasteiger partial charge in [0.05, 0.1) is 12.7 Å². The van der Waals surface area contributed by atoms with E-state index in [4.69, 9.17) is 15.2 Å². The van der Waals surface area contributed by atoms with Crippen molar-refractivity contribution in [3.63, 3.8) is 0 Å². The standard InChI is InChI=1S/C21H25N3O4/c1-4-13(2)24-20(23-16-8-6-5-7-15(16)21(24)26)14-9-10-17(18(11-14)27-3)28-12-19(22)25/h5-11,13,20,23H,4,12H2,1-3H3,(H2,22,25)/t13-,20-/m0/s1. The number of benzene rings is 2. The summed E-state index contributed by atoms with van der Waals surface area (Å²) in [6.07, 6.45) is 0.472. The van der Waals surface area contributed by atoms with Crippen LogP contribution in [0.1, 0.15) is 42.4 Å². The molecule has 2 amide bonds. The van der Waals surface area contributed by atoms with Crippen molar-refractivity contribution in [1.29, 1.82) is 0 Å². The average Bonchev–Trinajstić information content (AvgIpc) is 2.71. The van der Waals surface area contributed by atoms with Crippen molar-refractivity contribution in [2.24, 2.45) is 5.73 Å². The number of nitrogens with one attached hydrogen (secondary N) is 1. The molecule has 0 saturated heterocycles. The summed E-state index contributed by atoms with van der Waals surface area (Å²) in [5.41, 5.74) is 7.46. The maximum Gasteiger partial charge on any atom is 0.258 e. The number of methoxy groups -OCH3 is 1. The van der Waals surface area contributed by atoms with Crippen LogP contribution in [0.5, 0.6) is 11.5 Å². The molecule has 7 nitrogen and oxygen atoms in total. The maximum absolute atomic E-state index is 13.2. The van der Waals surface area contributed by atoms with Crippen molar-refractivity contribution in [3.8, 4) is 11.5 Å². The maximum atomic E-state index is 13.2.